The second-order valence-corrected chi connectivity index (χ2v) is 7.86. The van der Waals surface area contributed by atoms with Crippen LogP contribution >= 0.6 is 24.0 Å². The summed E-state index contributed by atoms with van der Waals surface area (Å²) >= 11 is 0. The fourth-order valence-corrected chi connectivity index (χ4v) is 3.83. The van der Waals surface area contributed by atoms with E-state index in [0.717, 1.165) is 77.0 Å². The molecule has 0 radical (unpaired) electrons. The maximum Gasteiger partial charge on any atom is 0.194 e. The molecular formula is C23H37IN6. The molecule has 0 saturated carbocycles. The average molecular weight is 524 g/mol. The van der Waals surface area contributed by atoms with Crippen molar-refractivity contribution in [3.63, 3.8) is 0 Å². The molecule has 166 valence electrons. The molecule has 1 N–H and O–H groups in total. The Hall–Kier alpha value is -1.61. The lowest BCUT2D eigenvalue weighted by Gasteiger charge is -2.36. The molecule has 0 unspecified atom stereocenters. The second-order valence-electron chi connectivity index (χ2n) is 7.86. The van der Waals surface area contributed by atoms with Gasteiger partial charge in [-0.05, 0) is 39.2 Å². The van der Waals surface area contributed by atoms with E-state index < -0.39 is 0 Å². The summed E-state index contributed by atoms with van der Waals surface area (Å²) in [5.74, 6) is 2.16. The number of piperazine rings is 1. The van der Waals surface area contributed by atoms with Crippen molar-refractivity contribution in [2.24, 2.45) is 4.99 Å². The molecule has 0 bridgehead atoms. The number of aromatic nitrogens is 2. The third-order valence-electron chi connectivity index (χ3n) is 5.49. The zero-order valence-electron chi connectivity index (χ0n) is 18.7. The number of halogens is 1. The lowest BCUT2D eigenvalue weighted by atomic mass is 10.1. The van der Waals surface area contributed by atoms with Crippen LogP contribution in [0.5, 0.6) is 0 Å². The van der Waals surface area contributed by atoms with Gasteiger partial charge < -0.3 is 14.8 Å². The minimum Gasteiger partial charge on any atom is -0.357 e. The van der Waals surface area contributed by atoms with Crippen LogP contribution in [0.15, 0.2) is 41.7 Å². The first-order chi connectivity index (χ1) is 14.2. The molecule has 2 heterocycles. The summed E-state index contributed by atoms with van der Waals surface area (Å²) in [4.78, 5) is 14.1. The summed E-state index contributed by atoms with van der Waals surface area (Å²) in [6, 6.07) is 8.85. The first-order valence-electron chi connectivity index (χ1n) is 10.9. The van der Waals surface area contributed by atoms with Crippen molar-refractivity contribution in [3.05, 3.63) is 53.6 Å². The van der Waals surface area contributed by atoms with Crippen molar-refractivity contribution in [2.45, 2.75) is 46.7 Å². The number of rotatable bonds is 8. The van der Waals surface area contributed by atoms with E-state index in [0.29, 0.717) is 0 Å². The van der Waals surface area contributed by atoms with Crippen LogP contribution in [0, 0.1) is 13.8 Å². The molecule has 0 atom stereocenters. The average Bonchev–Trinajstić information content (AvgIpc) is 3.12. The summed E-state index contributed by atoms with van der Waals surface area (Å²) in [5.41, 5.74) is 2.75. The van der Waals surface area contributed by atoms with Gasteiger partial charge in [0.25, 0.3) is 0 Å². The number of aryl methyl sites for hydroxylation is 3. The zero-order valence-corrected chi connectivity index (χ0v) is 21.0. The van der Waals surface area contributed by atoms with Crippen LogP contribution < -0.4 is 5.32 Å². The zero-order chi connectivity index (χ0) is 20.5. The summed E-state index contributed by atoms with van der Waals surface area (Å²) < 4.78 is 2.21. The van der Waals surface area contributed by atoms with Crippen molar-refractivity contribution < 1.29 is 0 Å². The summed E-state index contributed by atoms with van der Waals surface area (Å²) in [5, 5.41) is 3.48. The molecule has 3 rings (SSSR count). The molecular weight excluding hydrogens is 487 g/mol. The van der Waals surface area contributed by atoms with E-state index in [9.17, 15) is 0 Å². The summed E-state index contributed by atoms with van der Waals surface area (Å²) in [6.45, 7) is 14.4. The number of benzene rings is 1. The molecule has 0 amide bonds. The Bertz CT molecular complexity index is 780. The molecule has 0 aliphatic carbocycles. The van der Waals surface area contributed by atoms with E-state index in [-0.39, 0.29) is 24.0 Å². The van der Waals surface area contributed by atoms with Crippen LogP contribution in [0.1, 0.15) is 36.7 Å². The predicted octanol–water partition coefficient (Wildman–Crippen LogP) is 3.68. The lowest BCUT2D eigenvalue weighted by molar-refractivity contribution is 0.172. The monoisotopic (exact) mass is 524 g/mol. The van der Waals surface area contributed by atoms with Gasteiger partial charge in [-0.15, -0.1) is 24.0 Å². The van der Waals surface area contributed by atoms with Gasteiger partial charge in [0.15, 0.2) is 5.96 Å². The Morgan fingerprint density at radius 1 is 1.13 bits per heavy atom. The summed E-state index contributed by atoms with van der Waals surface area (Å²) in [6.07, 6.45) is 6.15. The Kier molecular flexibility index (Phi) is 10.6. The van der Waals surface area contributed by atoms with Crippen LogP contribution in [-0.4, -0.2) is 64.6 Å². The van der Waals surface area contributed by atoms with Gasteiger partial charge >= 0.3 is 0 Å². The highest BCUT2D eigenvalue weighted by Crippen LogP contribution is 2.11. The SMILES string of the molecule is CCNC(=NCCCCn1ccnc1C)N1CCN(Cc2cccc(C)c2)CC1.I. The predicted molar refractivity (Wildman–Crippen MR) is 136 cm³/mol. The van der Waals surface area contributed by atoms with Gasteiger partial charge in [-0.2, -0.15) is 0 Å². The first-order valence-corrected chi connectivity index (χ1v) is 10.9. The topological polar surface area (TPSA) is 48.7 Å². The molecule has 2 aromatic rings. The number of unbranched alkanes of at least 4 members (excludes halogenated alkanes) is 1. The second kappa shape index (κ2) is 12.9. The molecule has 1 aliphatic heterocycles. The number of nitrogens with one attached hydrogen (secondary N) is 1. The van der Waals surface area contributed by atoms with Gasteiger partial charge in [0, 0.05) is 64.8 Å². The lowest BCUT2D eigenvalue weighted by Crippen LogP contribution is -2.52. The van der Waals surface area contributed by atoms with Crippen LogP contribution in [0.4, 0.5) is 0 Å². The number of nitrogens with zero attached hydrogens (tertiary/aromatic N) is 5. The normalized spacial score (nSPS) is 15.2. The number of guanidine groups is 1. The molecule has 1 saturated heterocycles. The number of aliphatic imine (C=N–C) groups is 1. The van der Waals surface area contributed by atoms with E-state index in [1.165, 1.54) is 11.1 Å². The van der Waals surface area contributed by atoms with Crippen molar-refractivity contribution in [1.29, 1.82) is 0 Å². The fourth-order valence-electron chi connectivity index (χ4n) is 3.83. The van der Waals surface area contributed by atoms with E-state index in [1.54, 1.807) is 0 Å². The van der Waals surface area contributed by atoms with Gasteiger partial charge in [-0.3, -0.25) is 9.89 Å². The summed E-state index contributed by atoms with van der Waals surface area (Å²) in [7, 11) is 0. The number of hydrogen-bond donors (Lipinski definition) is 1. The highest BCUT2D eigenvalue weighted by atomic mass is 127. The largest absolute Gasteiger partial charge is 0.357 e. The molecule has 1 aromatic carbocycles. The van der Waals surface area contributed by atoms with Crippen molar-refractivity contribution >= 4 is 29.9 Å². The molecule has 30 heavy (non-hydrogen) atoms. The Morgan fingerprint density at radius 3 is 2.60 bits per heavy atom. The smallest absolute Gasteiger partial charge is 0.194 e. The molecule has 0 spiro atoms. The van der Waals surface area contributed by atoms with Gasteiger partial charge in [-0.25, -0.2) is 4.98 Å². The van der Waals surface area contributed by atoms with Gasteiger partial charge in [-0.1, -0.05) is 29.8 Å². The minimum atomic E-state index is 0. The molecule has 7 heteroatoms. The van der Waals surface area contributed by atoms with Crippen molar-refractivity contribution in [3.8, 4) is 0 Å². The van der Waals surface area contributed by atoms with E-state index in [1.807, 2.05) is 6.20 Å². The maximum absolute atomic E-state index is 4.89. The quantitative estimate of drug-likeness (QED) is 0.248. The Morgan fingerprint density at radius 2 is 1.93 bits per heavy atom. The molecule has 1 aliphatic rings. The molecule has 1 aromatic heterocycles. The fraction of sp³-hybridized carbons (Fsp3) is 0.565. The maximum atomic E-state index is 4.89. The van der Waals surface area contributed by atoms with Crippen molar-refractivity contribution in [1.82, 2.24) is 24.7 Å². The highest BCUT2D eigenvalue weighted by molar-refractivity contribution is 14.0. The standard InChI is InChI=1S/C23H36N6.HI/c1-4-24-23(26-10-5-6-12-28-13-11-25-21(28)3)29-16-14-27(15-17-29)19-22-9-7-8-20(2)18-22;/h7-9,11,13,18H,4-6,10,12,14-17,19H2,1-3H3,(H,24,26);1H. The number of hydrogen-bond acceptors (Lipinski definition) is 3. The van der Waals surface area contributed by atoms with E-state index in [2.05, 4.69) is 75.9 Å². The van der Waals surface area contributed by atoms with E-state index >= 15 is 0 Å². The van der Waals surface area contributed by atoms with Gasteiger partial charge in [0.05, 0.1) is 0 Å². The Balaban J connectivity index is 0.00000320. The third-order valence-corrected chi connectivity index (χ3v) is 5.49. The molecule has 6 nitrogen and oxygen atoms in total. The highest BCUT2D eigenvalue weighted by Gasteiger charge is 2.19. The van der Waals surface area contributed by atoms with Crippen LogP contribution in [0.2, 0.25) is 0 Å². The van der Waals surface area contributed by atoms with Crippen LogP contribution in [0.3, 0.4) is 0 Å². The van der Waals surface area contributed by atoms with Crippen LogP contribution in [0.25, 0.3) is 0 Å². The van der Waals surface area contributed by atoms with Gasteiger partial charge in [0.1, 0.15) is 5.82 Å². The van der Waals surface area contributed by atoms with Crippen LogP contribution in [-0.2, 0) is 13.1 Å². The van der Waals surface area contributed by atoms with Crippen molar-refractivity contribution in [2.75, 3.05) is 39.3 Å². The van der Waals surface area contributed by atoms with Gasteiger partial charge in [0.2, 0.25) is 0 Å². The first kappa shape index (κ1) is 24.7. The third kappa shape index (κ3) is 7.58. The molecule has 1 fully saturated rings. The minimum absolute atomic E-state index is 0. The van der Waals surface area contributed by atoms with E-state index in [4.69, 9.17) is 4.99 Å². The Labute approximate surface area is 198 Å². The number of imidazole rings is 1.